The molecule has 1 unspecified atom stereocenters. The molecule has 0 aliphatic carbocycles. The van der Waals surface area contributed by atoms with Crippen molar-refractivity contribution in [1.29, 1.82) is 0 Å². The Kier molecular flexibility index (Phi) is 5.44. The first kappa shape index (κ1) is 15.6. The van der Waals surface area contributed by atoms with Gasteiger partial charge >= 0.3 is 0 Å². The van der Waals surface area contributed by atoms with E-state index in [0.29, 0.717) is 17.1 Å². The predicted octanol–water partition coefficient (Wildman–Crippen LogP) is 4.09. The van der Waals surface area contributed by atoms with E-state index in [1.54, 1.807) is 18.2 Å². The summed E-state index contributed by atoms with van der Waals surface area (Å²) in [5.74, 6) is 1.78. The molecule has 0 saturated carbocycles. The van der Waals surface area contributed by atoms with Crippen molar-refractivity contribution in [2.45, 2.75) is 31.2 Å². The third kappa shape index (κ3) is 4.63. The van der Waals surface area contributed by atoms with Gasteiger partial charge in [0.1, 0.15) is 17.3 Å². The van der Waals surface area contributed by atoms with Gasteiger partial charge in [0.15, 0.2) is 0 Å². The highest BCUT2D eigenvalue weighted by atomic mass is 32.2. The average Bonchev–Trinajstić information content (AvgIpc) is 2.88. The largest absolute Gasteiger partial charge is 0.464 e. The summed E-state index contributed by atoms with van der Waals surface area (Å²) in [6, 6.07) is 10.1. The smallest absolute Gasteiger partial charge is 0.221 e. The number of halogens is 1. The van der Waals surface area contributed by atoms with Crippen molar-refractivity contribution in [1.82, 2.24) is 5.32 Å². The Morgan fingerprint density at radius 3 is 2.76 bits per heavy atom. The minimum absolute atomic E-state index is 0.0691. The molecule has 0 spiro atoms. The van der Waals surface area contributed by atoms with Crippen molar-refractivity contribution in [3.63, 3.8) is 0 Å². The van der Waals surface area contributed by atoms with E-state index in [1.165, 1.54) is 17.8 Å². The molecule has 2 aromatic rings. The maximum Gasteiger partial charge on any atom is 0.221 e. The molecule has 0 bridgehead atoms. The van der Waals surface area contributed by atoms with Gasteiger partial charge in [-0.2, -0.15) is 0 Å². The zero-order chi connectivity index (χ0) is 15.2. The minimum atomic E-state index is -0.248. The van der Waals surface area contributed by atoms with Gasteiger partial charge in [-0.15, -0.1) is 11.8 Å². The van der Waals surface area contributed by atoms with Crippen LogP contribution in [-0.4, -0.2) is 11.7 Å². The minimum Gasteiger partial charge on any atom is -0.464 e. The van der Waals surface area contributed by atoms with Gasteiger partial charge in [-0.3, -0.25) is 4.79 Å². The Hall–Kier alpha value is -1.75. The summed E-state index contributed by atoms with van der Waals surface area (Å²) in [6.45, 7) is 3.74. The van der Waals surface area contributed by atoms with Crippen molar-refractivity contribution in [2.24, 2.45) is 0 Å². The molecule has 1 amide bonds. The predicted molar refractivity (Wildman–Crippen MR) is 81.7 cm³/mol. The molecule has 0 aliphatic rings. The first-order valence-electron chi connectivity index (χ1n) is 6.79. The van der Waals surface area contributed by atoms with Crippen LogP contribution in [0.2, 0.25) is 0 Å². The van der Waals surface area contributed by atoms with Crippen LogP contribution in [0.4, 0.5) is 4.39 Å². The number of benzene rings is 1. The van der Waals surface area contributed by atoms with Crippen LogP contribution in [-0.2, 0) is 4.79 Å². The summed E-state index contributed by atoms with van der Waals surface area (Å²) in [5, 5.41) is 2.87. The zero-order valence-electron chi connectivity index (χ0n) is 12.1. The fourth-order valence-corrected chi connectivity index (χ4v) is 2.77. The molecule has 3 nitrogen and oxygen atoms in total. The number of hydrogen-bond acceptors (Lipinski definition) is 3. The van der Waals surface area contributed by atoms with Crippen LogP contribution in [0.3, 0.4) is 0 Å². The van der Waals surface area contributed by atoms with E-state index in [2.05, 4.69) is 5.32 Å². The van der Waals surface area contributed by atoms with Crippen molar-refractivity contribution >= 4 is 17.7 Å². The summed E-state index contributed by atoms with van der Waals surface area (Å²) in [5.41, 5.74) is 0. The van der Waals surface area contributed by atoms with Gasteiger partial charge in [-0.05, 0) is 38.1 Å². The van der Waals surface area contributed by atoms with Gasteiger partial charge < -0.3 is 9.73 Å². The highest BCUT2D eigenvalue weighted by Gasteiger charge is 2.12. The first-order chi connectivity index (χ1) is 10.1. The van der Waals surface area contributed by atoms with Gasteiger partial charge in [0.25, 0.3) is 0 Å². The van der Waals surface area contributed by atoms with Crippen LogP contribution in [0.15, 0.2) is 45.7 Å². The second-order valence-corrected chi connectivity index (χ2v) is 5.90. The Bertz CT molecular complexity index is 612. The van der Waals surface area contributed by atoms with E-state index in [1.807, 2.05) is 26.0 Å². The topological polar surface area (TPSA) is 42.2 Å². The number of carbonyl (C=O) groups excluding carboxylic acids is 1. The molecule has 1 N–H and O–H groups in total. The third-order valence-electron chi connectivity index (χ3n) is 2.99. The Morgan fingerprint density at radius 2 is 2.10 bits per heavy atom. The lowest BCUT2D eigenvalue weighted by Crippen LogP contribution is -2.26. The summed E-state index contributed by atoms with van der Waals surface area (Å²) < 4.78 is 18.9. The maximum atomic E-state index is 13.4. The Labute approximate surface area is 127 Å². The number of nitrogens with one attached hydrogen (secondary N) is 1. The highest BCUT2D eigenvalue weighted by molar-refractivity contribution is 7.99. The van der Waals surface area contributed by atoms with Crippen molar-refractivity contribution in [3.05, 3.63) is 53.7 Å². The molecule has 2 rings (SSSR count). The van der Waals surface area contributed by atoms with Crippen LogP contribution >= 0.6 is 11.8 Å². The monoisotopic (exact) mass is 307 g/mol. The van der Waals surface area contributed by atoms with E-state index in [-0.39, 0.29) is 17.8 Å². The van der Waals surface area contributed by atoms with Gasteiger partial charge in [0, 0.05) is 17.1 Å². The van der Waals surface area contributed by atoms with Crippen LogP contribution in [0.5, 0.6) is 0 Å². The third-order valence-corrected chi connectivity index (χ3v) is 4.04. The molecule has 1 aromatic carbocycles. The average molecular weight is 307 g/mol. The molecule has 0 aliphatic heterocycles. The van der Waals surface area contributed by atoms with Crippen LogP contribution in [0.1, 0.15) is 30.9 Å². The number of carbonyl (C=O) groups is 1. The second-order valence-electron chi connectivity index (χ2n) is 4.77. The molecule has 21 heavy (non-hydrogen) atoms. The lowest BCUT2D eigenvalue weighted by Gasteiger charge is -2.11. The zero-order valence-corrected chi connectivity index (χ0v) is 12.9. The Morgan fingerprint density at radius 1 is 1.33 bits per heavy atom. The van der Waals surface area contributed by atoms with Gasteiger partial charge in [0.2, 0.25) is 5.91 Å². The second kappa shape index (κ2) is 7.31. The standard InChI is InChI=1S/C16H18FNO2S/c1-11-7-8-14(20-11)12(2)18-16(19)9-10-21-15-6-4-3-5-13(15)17/h3-8,12H,9-10H2,1-2H3,(H,18,19). The number of amides is 1. The summed E-state index contributed by atoms with van der Waals surface area (Å²) in [6.07, 6.45) is 0.336. The van der Waals surface area contributed by atoms with E-state index < -0.39 is 0 Å². The fourth-order valence-electron chi connectivity index (χ4n) is 1.89. The van der Waals surface area contributed by atoms with E-state index in [0.717, 1.165) is 11.5 Å². The molecule has 0 saturated heterocycles. The lowest BCUT2D eigenvalue weighted by atomic mass is 10.2. The molecule has 5 heteroatoms. The van der Waals surface area contributed by atoms with E-state index >= 15 is 0 Å². The van der Waals surface area contributed by atoms with Gasteiger partial charge in [-0.25, -0.2) is 4.39 Å². The SMILES string of the molecule is Cc1ccc(C(C)NC(=O)CCSc2ccccc2F)o1. The number of rotatable bonds is 6. The number of furan rings is 1. The molecule has 1 aromatic heterocycles. The van der Waals surface area contributed by atoms with Crippen LogP contribution in [0, 0.1) is 12.7 Å². The summed E-state index contributed by atoms with van der Waals surface area (Å²) in [4.78, 5) is 12.4. The molecular formula is C16H18FNO2S. The van der Waals surface area contributed by atoms with Crippen LogP contribution in [0.25, 0.3) is 0 Å². The summed E-state index contributed by atoms with van der Waals surface area (Å²) in [7, 11) is 0. The van der Waals surface area contributed by atoms with Crippen molar-refractivity contribution < 1.29 is 13.6 Å². The fraction of sp³-hybridized carbons (Fsp3) is 0.312. The molecule has 1 atom stereocenters. The molecule has 0 radical (unpaired) electrons. The first-order valence-corrected chi connectivity index (χ1v) is 7.78. The quantitative estimate of drug-likeness (QED) is 0.817. The Balaban J connectivity index is 1.76. The molecule has 1 heterocycles. The molecule has 0 fully saturated rings. The maximum absolute atomic E-state index is 13.4. The van der Waals surface area contributed by atoms with Gasteiger partial charge in [0.05, 0.1) is 6.04 Å². The number of thioether (sulfide) groups is 1. The number of aryl methyl sites for hydroxylation is 1. The van der Waals surface area contributed by atoms with Gasteiger partial charge in [-0.1, -0.05) is 12.1 Å². The normalized spacial score (nSPS) is 12.1. The highest BCUT2D eigenvalue weighted by Crippen LogP contribution is 2.22. The van der Waals surface area contributed by atoms with E-state index in [4.69, 9.17) is 4.42 Å². The van der Waals surface area contributed by atoms with E-state index in [9.17, 15) is 9.18 Å². The summed E-state index contributed by atoms with van der Waals surface area (Å²) >= 11 is 1.34. The lowest BCUT2D eigenvalue weighted by molar-refractivity contribution is -0.121. The van der Waals surface area contributed by atoms with Crippen LogP contribution < -0.4 is 5.32 Å². The van der Waals surface area contributed by atoms with Crippen molar-refractivity contribution in [3.8, 4) is 0 Å². The number of hydrogen-bond donors (Lipinski definition) is 1. The molecule has 112 valence electrons. The molecular weight excluding hydrogens is 289 g/mol. The van der Waals surface area contributed by atoms with Crippen molar-refractivity contribution in [2.75, 3.05) is 5.75 Å².